The van der Waals surface area contributed by atoms with Gasteiger partial charge in [0.05, 0.1) is 6.04 Å². The summed E-state index contributed by atoms with van der Waals surface area (Å²) in [7, 11) is 0. The smallest absolute Gasteiger partial charge is 0.315 e. The molecule has 5 atom stereocenters. The van der Waals surface area contributed by atoms with Gasteiger partial charge in [-0.1, -0.05) is 64.1 Å². The highest BCUT2D eigenvalue weighted by atomic mass is 16.2. The molecule has 1 saturated carbocycles. The van der Waals surface area contributed by atoms with Crippen molar-refractivity contribution < 1.29 is 24.0 Å². The molecular formula is C35H49N5O5. The third-order valence-corrected chi connectivity index (χ3v) is 10.1. The highest BCUT2D eigenvalue weighted by molar-refractivity contribution is 6.38. The van der Waals surface area contributed by atoms with Crippen LogP contribution >= 0.6 is 0 Å². The number of Topliss-reactive ketones (excluding diaryl/α,β-unsaturated/α-hetero) is 1. The van der Waals surface area contributed by atoms with E-state index < -0.39 is 41.8 Å². The fraction of sp³-hybridized carbons (Fsp3) is 0.571. The summed E-state index contributed by atoms with van der Waals surface area (Å²) in [6, 6.07) is 4.90. The number of amides is 5. The maximum absolute atomic E-state index is 14.5. The predicted octanol–water partition coefficient (Wildman–Crippen LogP) is 3.06. The number of likely N-dealkylation sites (tertiary alicyclic amines) is 1. The summed E-state index contributed by atoms with van der Waals surface area (Å²) in [5.41, 5.74) is 2.14. The average Bonchev–Trinajstić information content (AvgIpc) is 3.39. The Kier molecular flexibility index (Phi) is 10.9. The number of carbonyl (C=O) groups excluding carboxylic acids is 5. The average molecular weight is 620 g/mol. The van der Waals surface area contributed by atoms with Gasteiger partial charge in [0.2, 0.25) is 17.6 Å². The van der Waals surface area contributed by atoms with Crippen LogP contribution in [0.25, 0.3) is 0 Å². The second-order valence-electron chi connectivity index (χ2n) is 13.2. The molecule has 0 aromatic heterocycles. The minimum atomic E-state index is -1.07. The van der Waals surface area contributed by atoms with Gasteiger partial charge in [0.1, 0.15) is 12.1 Å². The SMILES string of the molecule is C=CCCC(NC(=O)[C@@H]1C2C(CN1C(=O)[C@@H](NC(=O)NC(CC)CC)C1Cc3ccccc3C1)C2(C)C)C(=O)C(=O)NCC=C. The van der Waals surface area contributed by atoms with Crippen LogP contribution in [0.3, 0.4) is 0 Å². The Balaban J connectivity index is 1.59. The third-order valence-electron chi connectivity index (χ3n) is 10.1. The zero-order valence-corrected chi connectivity index (χ0v) is 27.1. The number of fused-ring (bicyclic) bond motifs is 2. The maximum atomic E-state index is 14.5. The van der Waals surface area contributed by atoms with E-state index in [2.05, 4.69) is 60.4 Å². The summed E-state index contributed by atoms with van der Waals surface area (Å²) < 4.78 is 0. The van der Waals surface area contributed by atoms with E-state index in [4.69, 9.17) is 0 Å². The molecular weight excluding hydrogens is 570 g/mol. The molecule has 10 heteroatoms. The van der Waals surface area contributed by atoms with Gasteiger partial charge in [-0.3, -0.25) is 19.2 Å². The number of nitrogens with zero attached hydrogens (tertiary/aromatic N) is 1. The van der Waals surface area contributed by atoms with Gasteiger partial charge in [-0.25, -0.2) is 4.79 Å². The second-order valence-corrected chi connectivity index (χ2v) is 13.2. The molecule has 3 unspecified atom stereocenters. The van der Waals surface area contributed by atoms with Gasteiger partial charge in [-0.15, -0.1) is 13.2 Å². The van der Waals surface area contributed by atoms with Crippen LogP contribution in [0, 0.1) is 23.2 Å². The first kappa shape index (κ1) is 33.9. The molecule has 244 valence electrons. The van der Waals surface area contributed by atoms with Gasteiger partial charge < -0.3 is 26.2 Å². The van der Waals surface area contributed by atoms with Gasteiger partial charge in [0.15, 0.2) is 0 Å². The topological polar surface area (TPSA) is 137 Å². The molecule has 4 N–H and O–H groups in total. The Morgan fingerprint density at radius 3 is 2.20 bits per heavy atom. The van der Waals surface area contributed by atoms with Crippen molar-refractivity contribution in [3.05, 3.63) is 60.7 Å². The van der Waals surface area contributed by atoms with Gasteiger partial charge in [-0.2, -0.15) is 0 Å². The first-order chi connectivity index (χ1) is 21.5. The number of urea groups is 1. The normalized spacial score (nSPS) is 22.4. The van der Waals surface area contributed by atoms with Crippen LogP contribution in [0.15, 0.2) is 49.6 Å². The van der Waals surface area contributed by atoms with Crippen molar-refractivity contribution in [2.75, 3.05) is 13.1 Å². The Hall–Kier alpha value is -3.95. The van der Waals surface area contributed by atoms with Crippen LogP contribution in [0.2, 0.25) is 0 Å². The lowest BCUT2D eigenvalue weighted by molar-refractivity contribution is -0.144. The zero-order chi connectivity index (χ0) is 32.9. The van der Waals surface area contributed by atoms with Gasteiger partial charge in [0.25, 0.3) is 5.91 Å². The molecule has 1 saturated heterocycles. The van der Waals surface area contributed by atoms with E-state index in [1.165, 1.54) is 6.08 Å². The fourth-order valence-electron chi connectivity index (χ4n) is 7.28. The van der Waals surface area contributed by atoms with Gasteiger partial charge >= 0.3 is 6.03 Å². The van der Waals surface area contributed by atoms with Crippen LogP contribution in [0.1, 0.15) is 64.5 Å². The van der Waals surface area contributed by atoms with Crippen molar-refractivity contribution >= 4 is 29.5 Å². The van der Waals surface area contributed by atoms with Crippen LogP contribution < -0.4 is 21.3 Å². The Morgan fingerprint density at radius 2 is 1.62 bits per heavy atom. The zero-order valence-electron chi connectivity index (χ0n) is 27.1. The molecule has 1 aromatic carbocycles. The minimum absolute atomic E-state index is 0.0194. The Morgan fingerprint density at radius 1 is 0.978 bits per heavy atom. The van der Waals surface area contributed by atoms with E-state index in [0.29, 0.717) is 25.8 Å². The monoisotopic (exact) mass is 619 g/mol. The molecule has 45 heavy (non-hydrogen) atoms. The summed E-state index contributed by atoms with van der Waals surface area (Å²) in [6.07, 6.45) is 6.52. The lowest BCUT2D eigenvalue weighted by Crippen LogP contribution is -2.60. The number of nitrogens with one attached hydrogen (secondary N) is 4. The summed E-state index contributed by atoms with van der Waals surface area (Å²) in [5.74, 6) is -2.49. The van der Waals surface area contributed by atoms with Crippen molar-refractivity contribution in [2.45, 2.75) is 90.4 Å². The van der Waals surface area contributed by atoms with Crippen LogP contribution in [-0.4, -0.2) is 71.7 Å². The molecule has 1 heterocycles. The van der Waals surface area contributed by atoms with Crippen molar-refractivity contribution in [3.63, 3.8) is 0 Å². The van der Waals surface area contributed by atoms with E-state index in [1.54, 1.807) is 11.0 Å². The minimum Gasteiger partial charge on any atom is -0.346 e. The van der Waals surface area contributed by atoms with E-state index in [-0.39, 0.29) is 48.1 Å². The number of hydrogen-bond acceptors (Lipinski definition) is 5. The highest BCUT2D eigenvalue weighted by Gasteiger charge is 2.69. The molecule has 2 aliphatic carbocycles. The number of hydrogen-bond donors (Lipinski definition) is 4. The molecule has 1 aliphatic heterocycles. The van der Waals surface area contributed by atoms with Gasteiger partial charge in [-0.05, 0) is 72.8 Å². The van der Waals surface area contributed by atoms with Gasteiger partial charge in [0, 0.05) is 19.1 Å². The fourth-order valence-corrected chi connectivity index (χ4v) is 7.28. The van der Waals surface area contributed by atoms with Crippen LogP contribution in [0.5, 0.6) is 0 Å². The second kappa shape index (κ2) is 14.4. The Bertz CT molecular complexity index is 1300. The largest absolute Gasteiger partial charge is 0.346 e. The molecule has 5 amide bonds. The Labute approximate surface area is 266 Å². The number of benzene rings is 1. The number of ketones is 1. The third kappa shape index (κ3) is 7.31. The quantitative estimate of drug-likeness (QED) is 0.177. The van der Waals surface area contributed by atoms with Crippen molar-refractivity contribution in [1.29, 1.82) is 0 Å². The van der Waals surface area contributed by atoms with Crippen molar-refractivity contribution in [2.24, 2.45) is 23.2 Å². The molecule has 0 bridgehead atoms. The van der Waals surface area contributed by atoms with Crippen LogP contribution in [0.4, 0.5) is 4.79 Å². The number of allylic oxidation sites excluding steroid dienone is 1. The summed E-state index contributed by atoms with van der Waals surface area (Å²) >= 11 is 0. The molecule has 4 rings (SSSR count). The molecule has 2 fully saturated rings. The first-order valence-electron chi connectivity index (χ1n) is 16.3. The van der Waals surface area contributed by atoms with E-state index in [0.717, 1.165) is 24.0 Å². The maximum Gasteiger partial charge on any atom is 0.315 e. The van der Waals surface area contributed by atoms with E-state index in [9.17, 15) is 24.0 Å². The van der Waals surface area contributed by atoms with Crippen molar-refractivity contribution in [1.82, 2.24) is 26.2 Å². The molecule has 3 aliphatic rings. The summed E-state index contributed by atoms with van der Waals surface area (Å²) in [6.45, 7) is 15.9. The van der Waals surface area contributed by atoms with Crippen LogP contribution in [-0.2, 0) is 32.0 Å². The number of piperidine rings is 1. The number of rotatable bonds is 15. The standard InChI is InChI=1S/C35H49N5O5/c1-7-11-16-26(30(41)32(43)36-17-8-2)38-31(42)29-27-25(35(27,5)6)20-40(29)33(44)28(39-34(45)37-24(9-3)10-4)23-18-21-14-12-13-15-22(21)19-23/h7-8,12-15,23-29H,1-2,9-11,16-20H2,3-6H3,(H,36,43)(H,38,42)(H2,37,39,45)/t25?,26?,27?,28-,29-/m0/s1. The molecule has 1 aromatic rings. The highest BCUT2D eigenvalue weighted by Crippen LogP contribution is 2.65. The lowest BCUT2D eigenvalue weighted by atomic mass is 9.93. The summed E-state index contributed by atoms with van der Waals surface area (Å²) in [4.78, 5) is 68.9. The lowest BCUT2D eigenvalue weighted by Gasteiger charge is -2.35. The molecule has 0 spiro atoms. The summed E-state index contributed by atoms with van der Waals surface area (Å²) in [5, 5.41) is 11.3. The number of carbonyl (C=O) groups is 5. The van der Waals surface area contributed by atoms with E-state index >= 15 is 0 Å². The van der Waals surface area contributed by atoms with E-state index in [1.807, 2.05) is 26.0 Å². The van der Waals surface area contributed by atoms with Crippen molar-refractivity contribution in [3.8, 4) is 0 Å². The molecule has 0 radical (unpaired) electrons. The predicted molar refractivity (Wildman–Crippen MR) is 173 cm³/mol. The molecule has 10 nitrogen and oxygen atoms in total. The first-order valence-corrected chi connectivity index (χ1v) is 16.3.